The van der Waals surface area contributed by atoms with E-state index in [4.69, 9.17) is 0 Å². The van der Waals surface area contributed by atoms with Crippen molar-refractivity contribution >= 4 is 11.6 Å². The third-order valence-corrected chi connectivity index (χ3v) is 5.77. The minimum Gasteiger partial charge on any atom is -0.362 e. The minimum absolute atomic E-state index is 0.588. The molecule has 142 valence electrons. The summed E-state index contributed by atoms with van der Waals surface area (Å²) in [5.74, 6) is 8.52. The zero-order valence-electron chi connectivity index (χ0n) is 16.2. The van der Waals surface area contributed by atoms with E-state index in [-0.39, 0.29) is 0 Å². The Morgan fingerprint density at radius 2 is 1.43 bits per heavy atom. The van der Waals surface area contributed by atoms with Gasteiger partial charge in [0.25, 0.3) is 0 Å². The number of rotatable bonds is 4. The standard InChI is InChI=1S/C25H26N2O/c28-19-25(27-17-15-24(16-18-27)26-23-7-4-8-23)22-13-11-21(12-14-22)10-9-20-5-2-1-3-6-20/h1-3,5-6,11-14,23-24,26H,4,7-8,15-18H2. The lowest BCUT2D eigenvalue weighted by Crippen LogP contribution is -2.47. The molecule has 1 aliphatic heterocycles. The first kappa shape index (κ1) is 18.6. The Kier molecular flexibility index (Phi) is 5.92. The average molecular weight is 370 g/mol. The van der Waals surface area contributed by atoms with Gasteiger partial charge in [-0.1, -0.05) is 48.6 Å². The van der Waals surface area contributed by atoms with Crippen LogP contribution in [0.1, 0.15) is 48.8 Å². The van der Waals surface area contributed by atoms with Gasteiger partial charge in [0.05, 0.1) is 0 Å². The van der Waals surface area contributed by atoms with Gasteiger partial charge in [0.15, 0.2) is 5.94 Å². The lowest BCUT2D eigenvalue weighted by atomic mass is 9.91. The molecule has 1 saturated heterocycles. The van der Waals surface area contributed by atoms with Crippen molar-refractivity contribution in [3.05, 3.63) is 71.3 Å². The first-order chi connectivity index (χ1) is 13.8. The van der Waals surface area contributed by atoms with Crippen molar-refractivity contribution in [1.29, 1.82) is 0 Å². The van der Waals surface area contributed by atoms with E-state index in [2.05, 4.69) is 28.0 Å². The minimum atomic E-state index is 0.588. The van der Waals surface area contributed by atoms with Crippen LogP contribution in [0.3, 0.4) is 0 Å². The molecule has 1 aliphatic carbocycles. The van der Waals surface area contributed by atoms with Crippen molar-refractivity contribution in [3.63, 3.8) is 0 Å². The third-order valence-electron chi connectivity index (χ3n) is 5.77. The molecule has 0 unspecified atom stereocenters. The molecule has 2 fully saturated rings. The van der Waals surface area contributed by atoms with Crippen LogP contribution in [0.4, 0.5) is 0 Å². The summed E-state index contributed by atoms with van der Waals surface area (Å²) >= 11 is 0. The molecular weight excluding hydrogens is 344 g/mol. The van der Waals surface area contributed by atoms with Gasteiger partial charge in [0.1, 0.15) is 5.70 Å². The van der Waals surface area contributed by atoms with Crippen molar-refractivity contribution < 1.29 is 4.79 Å². The van der Waals surface area contributed by atoms with E-state index < -0.39 is 0 Å². The van der Waals surface area contributed by atoms with Crippen LogP contribution in [-0.2, 0) is 4.79 Å². The predicted octanol–water partition coefficient (Wildman–Crippen LogP) is 3.87. The monoisotopic (exact) mass is 370 g/mol. The molecule has 1 N–H and O–H groups in total. The van der Waals surface area contributed by atoms with E-state index in [1.807, 2.05) is 54.6 Å². The largest absolute Gasteiger partial charge is 0.362 e. The van der Waals surface area contributed by atoms with Crippen LogP contribution in [0.5, 0.6) is 0 Å². The number of carbonyl (C=O) groups excluding carboxylic acids is 1. The highest BCUT2D eigenvalue weighted by Gasteiger charge is 2.26. The molecule has 0 radical (unpaired) electrons. The molecule has 3 nitrogen and oxygen atoms in total. The summed E-state index contributed by atoms with van der Waals surface area (Å²) in [6.45, 7) is 1.81. The van der Waals surface area contributed by atoms with Crippen LogP contribution < -0.4 is 5.32 Å². The van der Waals surface area contributed by atoms with Crippen molar-refractivity contribution in [1.82, 2.24) is 10.2 Å². The Hall–Kier alpha value is -2.79. The molecule has 1 heterocycles. The highest BCUT2D eigenvalue weighted by atomic mass is 16.1. The topological polar surface area (TPSA) is 32.3 Å². The normalized spacial score (nSPS) is 17.2. The number of hydrogen-bond donors (Lipinski definition) is 1. The quantitative estimate of drug-likeness (QED) is 0.655. The first-order valence-corrected chi connectivity index (χ1v) is 10.3. The average Bonchev–Trinajstić information content (AvgIpc) is 2.72. The number of hydrogen-bond acceptors (Lipinski definition) is 3. The molecule has 0 aromatic heterocycles. The molecule has 2 aromatic rings. The van der Waals surface area contributed by atoms with Gasteiger partial charge in [-0.05, 0) is 49.9 Å². The summed E-state index contributed by atoms with van der Waals surface area (Å²) < 4.78 is 0. The molecule has 0 bridgehead atoms. The molecule has 3 heteroatoms. The Labute approximate surface area is 167 Å². The highest BCUT2D eigenvalue weighted by molar-refractivity contribution is 5.86. The number of benzene rings is 2. The molecule has 2 aliphatic rings. The van der Waals surface area contributed by atoms with Gasteiger partial charge < -0.3 is 10.2 Å². The van der Waals surface area contributed by atoms with Crippen molar-refractivity contribution in [3.8, 4) is 11.8 Å². The third kappa shape index (κ3) is 4.54. The molecule has 4 rings (SSSR count). The van der Waals surface area contributed by atoms with Crippen LogP contribution in [0.15, 0.2) is 54.6 Å². The fraction of sp³-hybridized carbons (Fsp3) is 0.360. The smallest absolute Gasteiger partial charge is 0.151 e. The van der Waals surface area contributed by atoms with Crippen molar-refractivity contribution in [2.45, 2.75) is 44.2 Å². The number of nitrogens with zero attached hydrogens (tertiary/aromatic N) is 1. The van der Waals surface area contributed by atoms with Gasteiger partial charge in [0.2, 0.25) is 0 Å². The molecule has 0 spiro atoms. The Morgan fingerprint density at radius 3 is 2.00 bits per heavy atom. The van der Waals surface area contributed by atoms with Crippen LogP contribution in [-0.4, -0.2) is 36.0 Å². The van der Waals surface area contributed by atoms with Gasteiger partial charge in [-0.3, -0.25) is 0 Å². The van der Waals surface area contributed by atoms with Crippen LogP contribution >= 0.6 is 0 Å². The zero-order chi connectivity index (χ0) is 19.2. The van der Waals surface area contributed by atoms with Crippen LogP contribution in [0.2, 0.25) is 0 Å². The maximum absolute atomic E-state index is 11.7. The van der Waals surface area contributed by atoms with E-state index in [1.165, 1.54) is 19.3 Å². The second-order valence-corrected chi connectivity index (χ2v) is 7.70. The number of piperidine rings is 1. The van der Waals surface area contributed by atoms with Gasteiger partial charge in [-0.2, -0.15) is 0 Å². The van der Waals surface area contributed by atoms with Gasteiger partial charge >= 0.3 is 0 Å². The SMILES string of the molecule is O=C=C(c1ccc(C#Cc2ccccc2)cc1)N1CCC(NC2CCC2)CC1. The Morgan fingerprint density at radius 1 is 0.821 bits per heavy atom. The maximum Gasteiger partial charge on any atom is 0.151 e. The van der Waals surface area contributed by atoms with Crippen molar-refractivity contribution in [2.75, 3.05) is 13.1 Å². The van der Waals surface area contributed by atoms with Crippen LogP contribution in [0.25, 0.3) is 5.70 Å². The van der Waals surface area contributed by atoms with Crippen LogP contribution in [0, 0.1) is 11.8 Å². The van der Waals surface area contributed by atoms with E-state index in [0.29, 0.717) is 11.7 Å². The van der Waals surface area contributed by atoms with E-state index in [9.17, 15) is 4.79 Å². The van der Waals surface area contributed by atoms with Gasteiger partial charge in [-0.25, -0.2) is 4.79 Å². The molecular formula is C25H26N2O. The summed E-state index contributed by atoms with van der Waals surface area (Å²) in [7, 11) is 0. The maximum atomic E-state index is 11.7. The fourth-order valence-electron chi connectivity index (χ4n) is 3.86. The molecule has 0 atom stereocenters. The lowest BCUT2D eigenvalue weighted by Gasteiger charge is -2.38. The zero-order valence-corrected chi connectivity index (χ0v) is 16.2. The Balaban J connectivity index is 1.37. The van der Waals surface area contributed by atoms with Crippen molar-refractivity contribution in [2.24, 2.45) is 0 Å². The summed E-state index contributed by atoms with van der Waals surface area (Å²) in [6, 6.07) is 19.2. The second kappa shape index (κ2) is 8.93. The fourth-order valence-corrected chi connectivity index (χ4v) is 3.86. The predicted molar refractivity (Wildman–Crippen MR) is 113 cm³/mol. The molecule has 0 amide bonds. The first-order valence-electron chi connectivity index (χ1n) is 10.3. The molecule has 2 aromatic carbocycles. The lowest BCUT2D eigenvalue weighted by molar-refractivity contribution is 0.226. The number of likely N-dealkylation sites (tertiary alicyclic amines) is 1. The summed E-state index contributed by atoms with van der Waals surface area (Å²) in [5.41, 5.74) is 3.54. The number of nitrogens with one attached hydrogen (secondary N) is 1. The highest BCUT2D eigenvalue weighted by Crippen LogP contribution is 2.24. The van der Waals surface area contributed by atoms with Gasteiger partial charge in [0, 0.05) is 41.9 Å². The van der Waals surface area contributed by atoms with E-state index >= 15 is 0 Å². The summed E-state index contributed by atoms with van der Waals surface area (Å²) in [4.78, 5) is 13.8. The van der Waals surface area contributed by atoms with E-state index in [1.54, 1.807) is 0 Å². The summed E-state index contributed by atoms with van der Waals surface area (Å²) in [6.07, 6.45) is 6.17. The van der Waals surface area contributed by atoms with Gasteiger partial charge in [-0.15, -0.1) is 0 Å². The molecule has 1 saturated carbocycles. The van der Waals surface area contributed by atoms with E-state index in [0.717, 1.165) is 48.7 Å². The second-order valence-electron chi connectivity index (χ2n) is 7.70. The molecule has 28 heavy (non-hydrogen) atoms. The summed E-state index contributed by atoms with van der Waals surface area (Å²) in [5, 5.41) is 3.76. The Bertz CT molecular complexity index is 889.